The van der Waals surface area contributed by atoms with Crippen LogP contribution in [0.5, 0.6) is 0 Å². The summed E-state index contributed by atoms with van der Waals surface area (Å²) in [7, 11) is 0. The maximum absolute atomic E-state index is 13.4. The number of hydrogen-bond donors (Lipinski definition) is 0. The van der Waals surface area contributed by atoms with E-state index in [2.05, 4.69) is 4.99 Å². The van der Waals surface area contributed by atoms with Gasteiger partial charge in [-0.05, 0) is 19.4 Å². The molecule has 0 fully saturated rings. The van der Waals surface area contributed by atoms with Crippen molar-refractivity contribution in [1.82, 2.24) is 0 Å². The lowest BCUT2D eigenvalue weighted by atomic mass is 10.1. The van der Waals surface area contributed by atoms with E-state index in [1.807, 2.05) is 0 Å². The van der Waals surface area contributed by atoms with Gasteiger partial charge in [-0.1, -0.05) is 30.3 Å². The minimum Gasteiger partial charge on any atom is -0.280 e. The molecule has 0 amide bonds. The Morgan fingerprint density at radius 1 is 0.952 bits per heavy atom. The minimum absolute atomic E-state index is 0.419. The van der Waals surface area contributed by atoms with E-state index in [0.717, 1.165) is 0 Å². The fourth-order valence-electron chi connectivity index (χ4n) is 1.58. The fraction of sp³-hybridized carbons (Fsp3) is 0.462. The first-order valence-electron chi connectivity index (χ1n) is 5.83. The quantitative estimate of drug-likeness (QED) is 0.545. The second-order valence-corrected chi connectivity index (χ2v) is 4.45. The van der Waals surface area contributed by atoms with Crippen molar-refractivity contribution in [2.24, 2.45) is 4.99 Å². The second kappa shape index (κ2) is 5.65. The highest BCUT2D eigenvalue weighted by atomic mass is 19.4. The average Bonchev–Trinajstić information content (AvgIpc) is 2.38. The van der Waals surface area contributed by atoms with Crippen LogP contribution in [0.3, 0.4) is 0 Å². The number of hydrogen-bond acceptors (Lipinski definition) is 1. The number of benzene rings is 1. The van der Waals surface area contributed by atoms with Crippen LogP contribution in [0.25, 0.3) is 0 Å². The molecule has 1 nitrogen and oxygen atoms in total. The van der Waals surface area contributed by atoms with Crippen LogP contribution in [0.4, 0.5) is 30.7 Å². The zero-order valence-corrected chi connectivity index (χ0v) is 11.1. The lowest BCUT2D eigenvalue weighted by Crippen LogP contribution is -2.55. The summed E-state index contributed by atoms with van der Waals surface area (Å²) in [5, 5.41) is 0. The van der Waals surface area contributed by atoms with Crippen LogP contribution >= 0.6 is 0 Å². The van der Waals surface area contributed by atoms with Crippen LogP contribution in [0.1, 0.15) is 25.5 Å². The van der Waals surface area contributed by atoms with Gasteiger partial charge in [-0.25, -0.2) is 0 Å². The Hall–Kier alpha value is -1.60. The SMILES string of the molecule is CC(=N[C@@H](C)c1ccccc1)C(F)(F)C(F)(F)C(F)(F)F. The van der Waals surface area contributed by atoms with Crippen molar-refractivity contribution in [1.29, 1.82) is 0 Å². The van der Waals surface area contributed by atoms with E-state index in [4.69, 9.17) is 0 Å². The van der Waals surface area contributed by atoms with E-state index in [1.165, 1.54) is 19.1 Å². The monoisotopic (exact) mass is 315 g/mol. The smallest absolute Gasteiger partial charge is 0.280 e. The summed E-state index contributed by atoms with van der Waals surface area (Å²) in [6.07, 6.45) is -6.36. The van der Waals surface area contributed by atoms with Gasteiger partial charge in [0.15, 0.2) is 0 Å². The number of rotatable bonds is 4. The highest BCUT2D eigenvalue weighted by Gasteiger charge is 2.74. The van der Waals surface area contributed by atoms with Crippen molar-refractivity contribution in [3.05, 3.63) is 35.9 Å². The molecule has 0 unspecified atom stereocenters. The lowest BCUT2D eigenvalue weighted by molar-refractivity contribution is -0.336. The first-order chi connectivity index (χ1) is 9.41. The van der Waals surface area contributed by atoms with E-state index in [0.29, 0.717) is 12.5 Å². The molecule has 0 aliphatic carbocycles. The van der Waals surface area contributed by atoms with E-state index < -0.39 is 29.8 Å². The molecule has 21 heavy (non-hydrogen) atoms. The van der Waals surface area contributed by atoms with Gasteiger partial charge >= 0.3 is 18.0 Å². The molecule has 0 spiro atoms. The predicted molar refractivity (Wildman–Crippen MR) is 63.9 cm³/mol. The Labute approximate surface area is 116 Å². The number of halogens is 7. The molecular formula is C13H12F7N. The molecule has 1 rings (SSSR count). The van der Waals surface area contributed by atoms with Gasteiger partial charge in [0.25, 0.3) is 0 Å². The molecule has 0 aliphatic heterocycles. The maximum atomic E-state index is 13.4. The van der Waals surface area contributed by atoms with E-state index in [9.17, 15) is 30.7 Å². The van der Waals surface area contributed by atoms with Gasteiger partial charge in [0, 0.05) is 0 Å². The Kier molecular flexibility index (Phi) is 4.70. The fourth-order valence-corrected chi connectivity index (χ4v) is 1.58. The third-order valence-electron chi connectivity index (χ3n) is 2.87. The van der Waals surface area contributed by atoms with Gasteiger partial charge in [0.2, 0.25) is 0 Å². The largest absolute Gasteiger partial charge is 0.460 e. The van der Waals surface area contributed by atoms with Gasteiger partial charge in [-0.3, -0.25) is 4.99 Å². The Bertz CT molecular complexity index is 505. The van der Waals surface area contributed by atoms with Crippen LogP contribution in [-0.2, 0) is 0 Å². The number of aliphatic imine (C=N–C) groups is 1. The predicted octanol–water partition coefficient (Wildman–Crippen LogP) is 5.04. The molecule has 0 aliphatic rings. The van der Waals surface area contributed by atoms with Crippen LogP contribution in [0, 0.1) is 0 Å². The van der Waals surface area contributed by atoms with Crippen molar-refractivity contribution >= 4 is 5.71 Å². The van der Waals surface area contributed by atoms with Crippen LogP contribution in [0.15, 0.2) is 35.3 Å². The van der Waals surface area contributed by atoms with Crippen molar-refractivity contribution in [3.8, 4) is 0 Å². The van der Waals surface area contributed by atoms with Gasteiger partial charge in [-0.15, -0.1) is 0 Å². The molecule has 8 heteroatoms. The summed E-state index contributed by atoms with van der Waals surface area (Å²) >= 11 is 0. The van der Waals surface area contributed by atoms with E-state index >= 15 is 0 Å². The Balaban J connectivity index is 3.11. The standard InChI is InChI=1S/C13H12F7N/c1-8(10-6-4-3-5-7-10)21-9(2)11(14,15)12(16,17)13(18,19)20/h3-8H,1-2H3/t8-/m0/s1. The van der Waals surface area contributed by atoms with Crippen LogP contribution in [-0.4, -0.2) is 23.7 Å². The maximum Gasteiger partial charge on any atom is 0.460 e. The average molecular weight is 315 g/mol. The van der Waals surface area contributed by atoms with Gasteiger partial charge in [0.1, 0.15) is 0 Å². The molecule has 118 valence electrons. The molecule has 0 bridgehead atoms. The molecule has 0 aromatic heterocycles. The summed E-state index contributed by atoms with van der Waals surface area (Å²) in [6, 6.07) is 6.81. The molecule has 1 aromatic rings. The van der Waals surface area contributed by atoms with Crippen molar-refractivity contribution in [2.75, 3.05) is 0 Å². The molecule has 0 radical (unpaired) electrons. The Morgan fingerprint density at radius 3 is 1.86 bits per heavy atom. The van der Waals surface area contributed by atoms with Crippen LogP contribution < -0.4 is 0 Å². The Morgan fingerprint density at radius 2 is 1.43 bits per heavy atom. The summed E-state index contributed by atoms with van der Waals surface area (Å²) in [5.74, 6) is -11.6. The summed E-state index contributed by atoms with van der Waals surface area (Å²) < 4.78 is 88.6. The summed E-state index contributed by atoms with van der Waals surface area (Å²) in [4.78, 5) is 3.29. The van der Waals surface area contributed by atoms with Gasteiger partial charge in [0.05, 0.1) is 11.8 Å². The normalized spacial score (nSPS) is 16.0. The molecule has 0 N–H and O–H groups in total. The topological polar surface area (TPSA) is 12.4 Å². The molecular weight excluding hydrogens is 303 g/mol. The highest BCUT2D eigenvalue weighted by molar-refractivity contribution is 5.90. The van der Waals surface area contributed by atoms with Crippen molar-refractivity contribution in [3.63, 3.8) is 0 Å². The van der Waals surface area contributed by atoms with Gasteiger partial charge in [-0.2, -0.15) is 30.7 Å². The number of alkyl halides is 7. The van der Waals surface area contributed by atoms with Gasteiger partial charge < -0.3 is 0 Å². The zero-order chi connectivity index (χ0) is 16.5. The van der Waals surface area contributed by atoms with E-state index in [1.54, 1.807) is 18.2 Å². The van der Waals surface area contributed by atoms with Crippen LogP contribution in [0.2, 0.25) is 0 Å². The third-order valence-corrected chi connectivity index (χ3v) is 2.87. The third kappa shape index (κ3) is 3.36. The highest BCUT2D eigenvalue weighted by Crippen LogP contribution is 2.47. The second-order valence-electron chi connectivity index (χ2n) is 4.45. The minimum atomic E-state index is -6.36. The molecule has 1 aromatic carbocycles. The summed E-state index contributed by atoms with van der Waals surface area (Å²) in [5.41, 5.74) is -1.15. The first kappa shape index (κ1) is 17.5. The number of nitrogens with zero attached hydrogens (tertiary/aromatic N) is 1. The van der Waals surface area contributed by atoms with Crippen molar-refractivity contribution < 1.29 is 30.7 Å². The molecule has 0 saturated carbocycles. The molecule has 0 saturated heterocycles. The zero-order valence-electron chi connectivity index (χ0n) is 11.1. The first-order valence-corrected chi connectivity index (χ1v) is 5.83. The summed E-state index contributed by atoms with van der Waals surface area (Å²) in [6.45, 7) is 1.78. The lowest BCUT2D eigenvalue weighted by Gasteiger charge is -2.28. The molecule has 0 heterocycles. The van der Waals surface area contributed by atoms with Crippen molar-refractivity contribution in [2.45, 2.75) is 37.9 Å². The molecule has 1 atom stereocenters. The van der Waals surface area contributed by atoms with E-state index in [-0.39, 0.29) is 0 Å².